The molecule has 0 radical (unpaired) electrons. The maximum atomic E-state index is 11.7. The topological polar surface area (TPSA) is 47.0 Å². The molecule has 0 saturated heterocycles. The Balaban J connectivity index is 1.77. The lowest BCUT2D eigenvalue weighted by atomic mass is 9.70. The van der Waals surface area contributed by atoms with Gasteiger partial charge in [0.25, 0.3) is 0 Å². The second-order valence-electron chi connectivity index (χ2n) is 7.22. The maximum Gasteiger partial charge on any atom is 0.177 e. The molecule has 0 amide bonds. The van der Waals surface area contributed by atoms with Crippen LogP contribution in [0.4, 0.5) is 0 Å². The average molecular weight is 351 g/mol. The second kappa shape index (κ2) is 5.67. The highest BCUT2D eigenvalue weighted by atomic mass is 32.2. The fourth-order valence-corrected chi connectivity index (χ4v) is 4.15. The number of nitrogens with zero attached hydrogens (tertiary/aromatic N) is 1. The first-order valence-corrected chi connectivity index (χ1v) is 10.5. The zero-order valence-electron chi connectivity index (χ0n) is 14.5. The van der Waals surface area contributed by atoms with Crippen LogP contribution in [0.1, 0.15) is 36.1 Å². The van der Waals surface area contributed by atoms with E-state index in [1.807, 2.05) is 6.07 Å². The Hall–Kier alpha value is -2.20. The third-order valence-electron chi connectivity index (χ3n) is 5.24. The predicted molar refractivity (Wildman–Crippen MR) is 101 cm³/mol. The van der Waals surface area contributed by atoms with Crippen LogP contribution in [0.15, 0.2) is 59.6 Å². The van der Waals surface area contributed by atoms with Crippen molar-refractivity contribution in [2.45, 2.75) is 31.1 Å². The van der Waals surface area contributed by atoms with E-state index >= 15 is 0 Å². The van der Waals surface area contributed by atoms with Crippen molar-refractivity contribution in [3.63, 3.8) is 0 Å². The second-order valence-corrected chi connectivity index (χ2v) is 9.24. The predicted octanol–water partition coefficient (Wildman–Crippen LogP) is 4.44. The first kappa shape index (κ1) is 16.3. The van der Waals surface area contributed by atoms with Crippen LogP contribution in [0, 0.1) is 12.3 Å². The number of allylic oxidation sites excluding steroid dienone is 4. The molecule has 1 aromatic heterocycles. The lowest BCUT2D eigenvalue weighted by molar-refractivity contribution is 0.282. The smallest absolute Gasteiger partial charge is 0.177 e. The van der Waals surface area contributed by atoms with Gasteiger partial charge in [-0.2, -0.15) is 0 Å². The molecule has 128 valence electrons. The molecule has 2 aliphatic rings. The summed E-state index contributed by atoms with van der Waals surface area (Å²) in [6, 6.07) is 12.0. The number of aryl methyl sites for hydroxylation is 1. The molecule has 1 spiro atoms. The Morgan fingerprint density at radius 2 is 1.64 bits per heavy atom. The number of hydrogen-bond donors (Lipinski definition) is 0. The van der Waals surface area contributed by atoms with Gasteiger partial charge in [-0.1, -0.05) is 48.4 Å². The summed E-state index contributed by atoms with van der Waals surface area (Å²) in [5.41, 5.74) is 5.75. The minimum atomic E-state index is -3.23. The van der Waals surface area contributed by atoms with Gasteiger partial charge in [-0.15, -0.1) is 0 Å². The fraction of sp³-hybridized carbons (Fsp3) is 0.286. The van der Waals surface area contributed by atoms with Gasteiger partial charge in [0.05, 0.1) is 10.6 Å². The molecule has 2 aromatic rings. The standard InChI is InChI=1S/C21H21NO2S/c1-15-4-6-16(7-5-15)18-12-21(10-3-11-21)13-19(18)20-9-8-17(14-22-20)25(2,23)24/h4-9,12-14H,3,10-11H2,1-2H3. The van der Waals surface area contributed by atoms with E-state index in [2.05, 4.69) is 48.3 Å². The van der Waals surface area contributed by atoms with Gasteiger partial charge in [-0.25, -0.2) is 8.42 Å². The first-order valence-electron chi connectivity index (χ1n) is 8.56. The molecule has 2 aliphatic carbocycles. The molecule has 3 nitrogen and oxygen atoms in total. The van der Waals surface area contributed by atoms with Gasteiger partial charge in [0.1, 0.15) is 0 Å². The molecule has 0 unspecified atom stereocenters. The van der Waals surface area contributed by atoms with Crippen LogP contribution in [-0.4, -0.2) is 19.7 Å². The number of aromatic nitrogens is 1. The molecular formula is C21H21NO2S. The van der Waals surface area contributed by atoms with E-state index in [0.717, 1.165) is 11.3 Å². The van der Waals surface area contributed by atoms with Gasteiger partial charge in [-0.05, 0) is 43.0 Å². The molecule has 4 heteroatoms. The van der Waals surface area contributed by atoms with Crippen LogP contribution in [0.2, 0.25) is 0 Å². The van der Waals surface area contributed by atoms with Gasteiger partial charge >= 0.3 is 0 Å². The summed E-state index contributed by atoms with van der Waals surface area (Å²) in [6.07, 6.45) is 11.0. The third kappa shape index (κ3) is 2.95. The number of rotatable bonds is 3. The summed E-state index contributed by atoms with van der Waals surface area (Å²) in [5.74, 6) is 0. The number of pyridine rings is 1. The summed E-state index contributed by atoms with van der Waals surface area (Å²) >= 11 is 0. The monoisotopic (exact) mass is 351 g/mol. The molecule has 1 saturated carbocycles. The van der Waals surface area contributed by atoms with Crippen molar-refractivity contribution >= 4 is 21.0 Å². The van der Waals surface area contributed by atoms with Crippen molar-refractivity contribution in [1.29, 1.82) is 0 Å². The van der Waals surface area contributed by atoms with E-state index in [0.29, 0.717) is 0 Å². The first-order chi connectivity index (χ1) is 11.9. The van der Waals surface area contributed by atoms with Crippen molar-refractivity contribution < 1.29 is 8.42 Å². The third-order valence-corrected chi connectivity index (χ3v) is 6.34. The number of hydrogen-bond acceptors (Lipinski definition) is 3. The molecule has 1 heterocycles. The SMILES string of the molecule is Cc1ccc(C2=CC3(C=C2c2ccc(S(C)(=O)=O)cn2)CCC3)cc1. The van der Waals surface area contributed by atoms with E-state index in [1.54, 1.807) is 6.07 Å². The van der Waals surface area contributed by atoms with Crippen molar-refractivity contribution in [2.75, 3.05) is 6.26 Å². The summed E-state index contributed by atoms with van der Waals surface area (Å²) in [7, 11) is -3.23. The fourth-order valence-electron chi connectivity index (χ4n) is 3.59. The molecule has 1 aromatic carbocycles. The normalized spacial score (nSPS) is 18.6. The molecule has 0 N–H and O–H groups in total. The van der Waals surface area contributed by atoms with Gasteiger partial charge < -0.3 is 0 Å². The summed E-state index contributed by atoms with van der Waals surface area (Å²) in [5, 5.41) is 0. The Labute approximate surface area is 149 Å². The van der Waals surface area contributed by atoms with E-state index in [9.17, 15) is 8.42 Å². The quantitative estimate of drug-likeness (QED) is 0.821. The average Bonchev–Trinajstić information content (AvgIpc) is 2.96. The zero-order chi connectivity index (χ0) is 17.7. The van der Waals surface area contributed by atoms with Crippen LogP contribution >= 0.6 is 0 Å². The van der Waals surface area contributed by atoms with Crippen LogP contribution in [0.3, 0.4) is 0 Å². The molecular weight excluding hydrogens is 330 g/mol. The molecule has 0 aliphatic heterocycles. The van der Waals surface area contributed by atoms with E-state index in [-0.39, 0.29) is 10.3 Å². The largest absolute Gasteiger partial charge is 0.255 e. The van der Waals surface area contributed by atoms with Crippen LogP contribution in [0.25, 0.3) is 11.1 Å². The van der Waals surface area contributed by atoms with Crippen LogP contribution in [-0.2, 0) is 9.84 Å². The summed E-state index contributed by atoms with van der Waals surface area (Å²) < 4.78 is 23.4. The van der Waals surface area contributed by atoms with Gasteiger partial charge in [0.2, 0.25) is 0 Å². The maximum absolute atomic E-state index is 11.7. The van der Waals surface area contributed by atoms with Crippen molar-refractivity contribution in [1.82, 2.24) is 4.98 Å². The van der Waals surface area contributed by atoms with Gasteiger partial charge in [-0.3, -0.25) is 4.98 Å². The lowest BCUT2D eigenvalue weighted by Crippen LogP contribution is -2.22. The zero-order valence-corrected chi connectivity index (χ0v) is 15.3. The Morgan fingerprint density at radius 3 is 2.16 bits per heavy atom. The number of benzene rings is 1. The lowest BCUT2D eigenvalue weighted by Gasteiger charge is -2.34. The minimum Gasteiger partial charge on any atom is -0.255 e. The van der Waals surface area contributed by atoms with Gasteiger partial charge in [0, 0.05) is 23.4 Å². The number of sulfone groups is 1. The van der Waals surface area contributed by atoms with Crippen molar-refractivity contribution in [3.8, 4) is 0 Å². The summed E-state index contributed by atoms with van der Waals surface area (Å²) in [6.45, 7) is 2.09. The van der Waals surface area contributed by atoms with E-state index in [1.165, 1.54) is 48.4 Å². The summed E-state index contributed by atoms with van der Waals surface area (Å²) in [4.78, 5) is 4.71. The Bertz CT molecular complexity index is 977. The van der Waals surface area contributed by atoms with Crippen molar-refractivity contribution in [3.05, 3.63) is 71.6 Å². The van der Waals surface area contributed by atoms with Gasteiger partial charge in [0.15, 0.2) is 9.84 Å². The molecule has 4 rings (SSSR count). The Kier molecular flexibility index (Phi) is 3.69. The Morgan fingerprint density at radius 1 is 0.960 bits per heavy atom. The van der Waals surface area contributed by atoms with E-state index in [4.69, 9.17) is 0 Å². The highest BCUT2D eigenvalue weighted by molar-refractivity contribution is 7.90. The molecule has 25 heavy (non-hydrogen) atoms. The van der Waals surface area contributed by atoms with Crippen LogP contribution < -0.4 is 0 Å². The highest BCUT2D eigenvalue weighted by Gasteiger charge is 2.38. The molecule has 0 atom stereocenters. The van der Waals surface area contributed by atoms with Crippen LogP contribution in [0.5, 0.6) is 0 Å². The molecule has 0 bridgehead atoms. The molecule has 1 fully saturated rings. The van der Waals surface area contributed by atoms with Crippen molar-refractivity contribution in [2.24, 2.45) is 5.41 Å². The highest BCUT2D eigenvalue weighted by Crippen LogP contribution is 2.53. The van der Waals surface area contributed by atoms with E-state index < -0.39 is 9.84 Å². The minimum absolute atomic E-state index is 0.159.